The van der Waals surface area contributed by atoms with Crippen molar-refractivity contribution < 1.29 is 14.6 Å². The van der Waals surface area contributed by atoms with Gasteiger partial charge in [-0.15, -0.1) is 0 Å². The average Bonchev–Trinajstić information content (AvgIpc) is 2.15. The molecule has 0 fully saturated rings. The van der Waals surface area contributed by atoms with Crippen LogP contribution >= 0.6 is 0 Å². The van der Waals surface area contributed by atoms with Crippen molar-refractivity contribution in [1.29, 1.82) is 0 Å². The van der Waals surface area contributed by atoms with Crippen molar-refractivity contribution in [3.63, 3.8) is 0 Å². The number of benzene rings is 1. The number of hydrogen-bond donors (Lipinski definition) is 1. The van der Waals surface area contributed by atoms with Gasteiger partial charge in [-0.25, -0.2) is 4.79 Å². The Balaban J connectivity index is 3.30. The van der Waals surface area contributed by atoms with E-state index < -0.39 is 11.6 Å². The first-order chi connectivity index (χ1) is 7.35. The summed E-state index contributed by atoms with van der Waals surface area (Å²) in [6, 6.07) is 4.98. The van der Waals surface area contributed by atoms with Gasteiger partial charge in [0, 0.05) is 5.56 Å². The maximum Gasteiger partial charge on any atom is 0.339 e. The molecule has 3 nitrogen and oxygen atoms in total. The number of carboxylic acids is 1. The molecular weight excluding hydrogens is 204 g/mol. The molecule has 1 rings (SSSR count). The summed E-state index contributed by atoms with van der Waals surface area (Å²) in [4.78, 5) is 11.1. The summed E-state index contributed by atoms with van der Waals surface area (Å²) >= 11 is 0. The van der Waals surface area contributed by atoms with Gasteiger partial charge >= 0.3 is 5.97 Å². The molecule has 0 saturated heterocycles. The third-order valence-corrected chi connectivity index (χ3v) is 1.90. The topological polar surface area (TPSA) is 46.5 Å². The molecule has 0 amide bonds. The highest BCUT2D eigenvalue weighted by Crippen LogP contribution is 2.28. The molecule has 0 atom stereocenters. The molecule has 0 bridgehead atoms. The molecule has 1 aromatic rings. The van der Waals surface area contributed by atoms with E-state index in [9.17, 15) is 4.79 Å². The molecule has 0 aliphatic rings. The molecule has 0 aromatic heterocycles. The first-order valence-electron chi connectivity index (χ1n) is 5.03. The van der Waals surface area contributed by atoms with Crippen LogP contribution < -0.4 is 4.74 Å². The smallest absolute Gasteiger partial charge is 0.339 e. The zero-order valence-corrected chi connectivity index (χ0v) is 9.78. The van der Waals surface area contributed by atoms with Crippen molar-refractivity contribution in [2.24, 2.45) is 0 Å². The predicted octanol–water partition coefficient (Wildman–Crippen LogP) is 3.21. The van der Waals surface area contributed by atoms with Crippen molar-refractivity contribution in [2.45, 2.75) is 26.4 Å². The standard InChI is InChI=1S/C13H16O3/c1-5-9-7-6-8-10(12(14)15)11(9)16-13(2,3)4/h5-8H,1H2,2-4H3,(H,14,15). The van der Waals surface area contributed by atoms with Gasteiger partial charge in [-0.2, -0.15) is 0 Å². The van der Waals surface area contributed by atoms with Gasteiger partial charge in [0.25, 0.3) is 0 Å². The van der Waals surface area contributed by atoms with Crippen LogP contribution in [0, 0.1) is 0 Å². The zero-order valence-electron chi connectivity index (χ0n) is 9.78. The number of ether oxygens (including phenoxy) is 1. The third kappa shape index (κ3) is 2.86. The average molecular weight is 220 g/mol. The van der Waals surface area contributed by atoms with Crippen molar-refractivity contribution in [3.8, 4) is 5.75 Å². The van der Waals surface area contributed by atoms with Gasteiger partial charge in [-0.3, -0.25) is 0 Å². The molecule has 86 valence electrons. The Morgan fingerprint density at radius 1 is 1.44 bits per heavy atom. The molecule has 0 aliphatic heterocycles. The lowest BCUT2D eigenvalue weighted by Crippen LogP contribution is -2.24. The van der Waals surface area contributed by atoms with Crippen LogP contribution in [0.4, 0.5) is 0 Å². The molecule has 16 heavy (non-hydrogen) atoms. The fourth-order valence-electron chi connectivity index (χ4n) is 1.30. The summed E-state index contributed by atoms with van der Waals surface area (Å²) in [6.45, 7) is 9.27. The summed E-state index contributed by atoms with van der Waals surface area (Å²) in [6.07, 6.45) is 1.59. The van der Waals surface area contributed by atoms with Crippen LogP contribution in [0.3, 0.4) is 0 Å². The number of hydrogen-bond acceptors (Lipinski definition) is 2. The Hall–Kier alpha value is -1.77. The van der Waals surface area contributed by atoms with Crippen LogP contribution in [0.1, 0.15) is 36.7 Å². The van der Waals surface area contributed by atoms with Gasteiger partial charge in [0.05, 0.1) is 0 Å². The second-order valence-corrected chi connectivity index (χ2v) is 4.45. The minimum Gasteiger partial charge on any atom is -0.487 e. The first kappa shape index (κ1) is 12.3. The van der Waals surface area contributed by atoms with Crippen molar-refractivity contribution in [1.82, 2.24) is 0 Å². The second-order valence-electron chi connectivity index (χ2n) is 4.45. The molecule has 0 radical (unpaired) electrons. The largest absolute Gasteiger partial charge is 0.487 e. The summed E-state index contributed by atoms with van der Waals surface area (Å²) in [7, 11) is 0. The van der Waals surface area contributed by atoms with Crippen molar-refractivity contribution >= 4 is 12.0 Å². The SMILES string of the molecule is C=Cc1cccc(C(=O)O)c1OC(C)(C)C. The quantitative estimate of drug-likeness (QED) is 0.850. The Kier molecular flexibility index (Phi) is 3.38. The van der Waals surface area contributed by atoms with E-state index in [0.29, 0.717) is 11.3 Å². The second kappa shape index (κ2) is 4.39. The monoisotopic (exact) mass is 220 g/mol. The molecule has 3 heteroatoms. The minimum absolute atomic E-state index is 0.160. The number of carbonyl (C=O) groups is 1. The van der Waals surface area contributed by atoms with E-state index in [-0.39, 0.29) is 5.56 Å². The first-order valence-corrected chi connectivity index (χ1v) is 5.03. The zero-order chi connectivity index (χ0) is 12.3. The highest BCUT2D eigenvalue weighted by molar-refractivity contribution is 5.92. The van der Waals surface area contributed by atoms with Gasteiger partial charge in [0.2, 0.25) is 0 Å². The number of para-hydroxylation sites is 1. The van der Waals surface area contributed by atoms with E-state index >= 15 is 0 Å². The molecule has 0 unspecified atom stereocenters. The molecule has 0 spiro atoms. The number of rotatable bonds is 3. The van der Waals surface area contributed by atoms with Crippen molar-refractivity contribution in [2.75, 3.05) is 0 Å². The minimum atomic E-state index is -0.997. The molecule has 1 N–H and O–H groups in total. The lowest BCUT2D eigenvalue weighted by atomic mass is 10.1. The Bertz CT molecular complexity index is 414. The number of aromatic carboxylic acids is 1. The summed E-state index contributed by atoms with van der Waals surface area (Å²) in [5.74, 6) is -0.625. The maximum atomic E-state index is 11.1. The molecule has 0 aliphatic carbocycles. The van der Waals surface area contributed by atoms with Crippen molar-refractivity contribution in [3.05, 3.63) is 35.9 Å². The predicted molar refractivity (Wildman–Crippen MR) is 63.9 cm³/mol. The highest BCUT2D eigenvalue weighted by atomic mass is 16.5. The normalized spacial score (nSPS) is 10.9. The molecular formula is C13H16O3. The van der Waals surface area contributed by atoms with Gasteiger partial charge < -0.3 is 9.84 Å². The lowest BCUT2D eigenvalue weighted by Gasteiger charge is -2.23. The van der Waals surface area contributed by atoms with Crippen LogP contribution in [0.2, 0.25) is 0 Å². The Morgan fingerprint density at radius 3 is 2.50 bits per heavy atom. The van der Waals surface area contributed by atoms with E-state index in [1.165, 1.54) is 6.07 Å². The lowest BCUT2D eigenvalue weighted by molar-refractivity contribution is 0.0681. The molecule has 1 aromatic carbocycles. The summed E-state index contributed by atoms with van der Waals surface area (Å²) < 4.78 is 5.66. The fraction of sp³-hybridized carbons (Fsp3) is 0.308. The van der Waals surface area contributed by atoms with Crippen LogP contribution in [0.25, 0.3) is 6.08 Å². The van der Waals surface area contributed by atoms with E-state index in [1.807, 2.05) is 20.8 Å². The van der Waals surface area contributed by atoms with E-state index in [4.69, 9.17) is 9.84 Å². The van der Waals surface area contributed by atoms with Gasteiger partial charge in [-0.1, -0.05) is 24.8 Å². The van der Waals surface area contributed by atoms with Crippen LogP contribution in [0.5, 0.6) is 5.75 Å². The van der Waals surface area contributed by atoms with Gasteiger partial charge in [0.1, 0.15) is 16.9 Å². The third-order valence-electron chi connectivity index (χ3n) is 1.90. The summed E-state index contributed by atoms with van der Waals surface area (Å²) in [5, 5.41) is 9.07. The Morgan fingerprint density at radius 2 is 2.06 bits per heavy atom. The highest BCUT2D eigenvalue weighted by Gasteiger charge is 2.19. The Labute approximate surface area is 95.4 Å². The van der Waals surface area contributed by atoms with E-state index in [1.54, 1.807) is 18.2 Å². The van der Waals surface area contributed by atoms with E-state index in [0.717, 1.165) is 0 Å². The van der Waals surface area contributed by atoms with Gasteiger partial charge in [-0.05, 0) is 26.8 Å². The molecule has 0 saturated carbocycles. The molecule has 0 heterocycles. The maximum absolute atomic E-state index is 11.1. The summed E-state index contributed by atoms with van der Waals surface area (Å²) in [5.41, 5.74) is 0.408. The van der Waals surface area contributed by atoms with Crippen LogP contribution in [-0.4, -0.2) is 16.7 Å². The fourth-order valence-corrected chi connectivity index (χ4v) is 1.30. The van der Waals surface area contributed by atoms with Gasteiger partial charge in [0.15, 0.2) is 0 Å². The number of carboxylic acid groups (broad SMARTS) is 1. The van der Waals surface area contributed by atoms with Crippen LogP contribution in [0.15, 0.2) is 24.8 Å². The van der Waals surface area contributed by atoms with Crippen LogP contribution in [-0.2, 0) is 0 Å². The van der Waals surface area contributed by atoms with E-state index in [2.05, 4.69) is 6.58 Å².